The van der Waals surface area contributed by atoms with E-state index in [0.717, 1.165) is 77.9 Å². The summed E-state index contributed by atoms with van der Waals surface area (Å²) in [5, 5.41) is 0. The summed E-state index contributed by atoms with van der Waals surface area (Å²) < 4.78 is 17.7. The Hall–Kier alpha value is -1.96. The minimum atomic E-state index is -0.184. The van der Waals surface area contributed by atoms with Crippen LogP contribution in [0.3, 0.4) is 0 Å². The SMILES string of the molecule is COCCOCCN1CCN(C(=O)[C@]23CC[C@@H](C4(C)CC4)[C@@H]2[C@H]2CC[C@@H]4[C@@]5(C)CC[C@H](OC(=O)[C@H]6C[C@@H](Cc7ccccc7)C6(C)C)C(C)(C)[C@@H]5CC[C@@]4(C)[C@]2(C)CC3)CC1. The predicted molar refractivity (Wildman–Crippen MR) is 243 cm³/mol. The van der Waals surface area contributed by atoms with Crippen LogP contribution in [0.25, 0.3) is 0 Å². The molecule has 0 N–H and O–H groups in total. The summed E-state index contributed by atoms with van der Waals surface area (Å²) in [6.07, 6.45) is 16.5. The number of amides is 1. The lowest BCUT2D eigenvalue weighted by atomic mass is 9.32. The molecule has 340 valence electrons. The number of nitrogens with zero attached hydrogens (tertiary/aromatic N) is 2. The van der Waals surface area contributed by atoms with Gasteiger partial charge in [-0.3, -0.25) is 14.5 Å². The van der Waals surface area contributed by atoms with Crippen LogP contribution in [0, 0.1) is 79.3 Å². The molecule has 12 atom stereocenters. The minimum Gasteiger partial charge on any atom is -0.462 e. The number of ether oxygens (including phenoxy) is 3. The molecular formula is C54H84N2O5. The third-order valence-corrected chi connectivity index (χ3v) is 21.7. The highest BCUT2D eigenvalue weighted by Crippen LogP contribution is 2.79. The number of fused-ring (bicyclic) bond motifs is 7. The van der Waals surface area contributed by atoms with Crippen molar-refractivity contribution in [2.45, 2.75) is 151 Å². The number of methoxy groups -OCH3 is 1. The van der Waals surface area contributed by atoms with E-state index in [1.807, 2.05) is 0 Å². The van der Waals surface area contributed by atoms with Crippen LogP contribution < -0.4 is 0 Å². The molecular weight excluding hydrogens is 757 g/mol. The zero-order valence-corrected chi connectivity index (χ0v) is 40.0. The summed E-state index contributed by atoms with van der Waals surface area (Å²) in [6, 6.07) is 10.8. The average molecular weight is 841 g/mol. The van der Waals surface area contributed by atoms with Gasteiger partial charge in [0.1, 0.15) is 6.10 Å². The topological polar surface area (TPSA) is 68.3 Å². The highest BCUT2D eigenvalue weighted by Gasteiger charge is 2.74. The van der Waals surface area contributed by atoms with Crippen LogP contribution >= 0.6 is 0 Å². The Morgan fingerprint density at radius 1 is 0.689 bits per heavy atom. The molecule has 0 radical (unpaired) electrons. The lowest BCUT2D eigenvalue weighted by Gasteiger charge is -2.73. The number of hydrogen-bond acceptors (Lipinski definition) is 6. The molecule has 7 nitrogen and oxygen atoms in total. The molecule has 1 aromatic carbocycles. The van der Waals surface area contributed by atoms with Crippen molar-refractivity contribution >= 4 is 11.9 Å². The molecule has 1 amide bonds. The maximum absolute atomic E-state index is 15.3. The fourth-order valence-electron chi connectivity index (χ4n) is 17.3. The van der Waals surface area contributed by atoms with Gasteiger partial charge in [-0.25, -0.2) is 0 Å². The first-order valence-electron chi connectivity index (χ1n) is 25.3. The summed E-state index contributed by atoms with van der Waals surface area (Å²) in [6.45, 7) is 26.8. The number of piperazine rings is 1. The summed E-state index contributed by atoms with van der Waals surface area (Å²) in [5.41, 5.74) is 2.19. The number of rotatable bonds is 12. The second kappa shape index (κ2) is 15.9. The second-order valence-electron chi connectivity index (χ2n) is 24.7. The molecule has 1 saturated heterocycles. The molecule has 1 heterocycles. The van der Waals surface area contributed by atoms with Crippen LogP contribution in [0.5, 0.6) is 0 Å². The van der Waals surface area contributed by atoms with Gasteiger partial charge in [-0.05, 0) is 158 Å². The van der Waals surface area contributed by atoms with Crippen molar-refractivity contribution in [3.8, 4) is 0 Å². The molecule has 7 heteroatoms. The van der Waals surface area contributed by atoms with Gasteiger partial charge in [-0.15, -0.1) is 0 Å². The molecule has 7 saturated carbocycles. The Kier molecular flexibility index (Phi) is 11.5. The van der Waals surface area contributed by atoms with E-state index in [-0.39, 0.29) is 50.5 Å². The van der Waals surface area contributed by atoms with E-state index < -0.39 is 0 Å². The predicted octanol–water partition coefficient (Wildman–Crippen LogP) is 10.5. The van der Waals surface area contributed by atoms with Crippen molar-refractivity contribution in [1.29, 1.82) is 0 Å². The van der Waals surface area contributed by atoms with Crippen molar-refractivity contribution in [1.82, 2.24) is 9.80 Å². The highest BCUT2D eigenvalue weighted by atomic mass is 16.5. The Morgan fingerprint density at radius 2 is 1.43 bits per heavy atom. The van der Waals surface area contributed by atoms with E-state index in [1.54, 1.807) is 7.11 Å². The van der Waals surface area contributed by atoms with Gasteiger partial charge in [0.25, 0.3) is 0 Å². The molecule has 1 aromatic rings. The van der Waals surface area contributed by atoms with Crippen molar-refractivity contribution in [3.05, 3.63) is 35.9 Å². The van der Waals surface area contributed by atoms with E-state index >= 15 is 4.79 Å². The van der Waals surface area contributed by atoms with Crippen molar-refractivity contribution in [2.24, 2.45) is 79.3 Å². The van der Waals surface area contributed by atoms with Gasteiger partial charge in [0, 0.05) is 45.2 Å². The number of esters is 1. The Labute approximate surface area is 370 Å². The first-order chi connectivity index (χ1) is 28.9. The lowest BCUT2D eigenvalue weighted by molar-refractivity contribution is -0.253. The van der Waals surface area contributed by atoms with Gasteiger partial charge < -0.3 is 19.1 Å². The van der Waals surface area contributed by atoms with Gasteiger partial charge in [0.2, 0.25) is 5.91 Å². The van der Waals surface area contributed by atoms with E-state index in [4.69, 9.17) is 14.2 Å². The van der Waals surface area contributed by atoms with Crippen LogP contribution in [0.2, 0.25) is 0 Å². The van der Waals surface area contributed by atoms with Crippen LogP contribution in [-0.4, -0.2) is 87.4 Å². The first kappa shape index (κ1) is 44.3. The van der Waals surface area contributed by atoms with Gasteiger partial charge >= 0.3 is 5.97 Å². The summed E-state index contributed by atoms with van der Waals surface area (Å²) in [7, 11) is 1.72. The normalized spacial score (nSPS) is 43.2. The summed E-state index contributed by atoms with van der Waals surface area (Å²) >= 11 is 0. The molecule has 0 aromatic heterocycles. The number of hydrogen-bond donors (Lipinski definition) is 0. The van der Waals surface area contributed by atoms with Crippen LogP contribution in [0.1, 0.15) is 144 Å². The number of benzene rings is 1. The standard InChI is InChI=1S/C54H84N2O5/c1-48(2)38(35-37-13-11-10-12-14-37)36-41(48)46(57)61-44-19-20-51(6)42(49(44,3)4)18-21-53(8)43(51)16-15-40-45-39(50(5)23-24-50)17-22-54(45,26-25-52(40,53)7)47(58)56-29-27-55(28-30-56)31-32-60-34-33-59-9/h10-14,38-45H,15-36H2,1-9H3/t38-,39-,40-,41-,42+,43-,44+,45-,51+,52-,53-,54+/m1/s1. The third kappa shape index (κ3) is 7.03. The van der Waals surface area contributed by atoms with Gasteiger partial charge in [-0.2, -0.15) is 0 Å². The van der Waals surface area contributed by atoms with Crippen LogP contribution in [-0.2, 0) is 30.2 Å². The maximum Gasteiger partial charge on any atom is 0.309 e. The zero-order valence-electron chi connectivity index (χ0n) is 40.0. The smallest absolute Gasteiger partial charge is 0.309 e. The fraction of sp³-hybridized carbons (Fsp3) is 0.852. The van der Waals surface area contributed by atoms with E-state index in [2.05, 4.69) is 95.5 Å². The summed E-state index contributed by atoms with van der Waals surface area (Å²) in [5.74, 6) is 4.08. The molecule has 61 heavy (non-hydrogen) atoms. The van der Waals surface area contributed by atoms with Crippen LogP contribution in [0.15, 0.2) is 30.3 Å². The Balaban J connectivity index is 0.894. The molecule has 8 aliphatic rings. The molecule has 9 rings (SSSR count). The van der Waals surface area contributed by atoms with Crippen molar-refractivity contribution < 1.29 is 23.8 Å². The zero-order chi connectivity index (χ0) is 43.2. The molecule has 0 bridgehead atoms. The average Bonchev–Trinajstić information content (AvgIpc) is 3.85. The highest BCUT2D eigenvalue weighted by molar-refractivity contribution is 5.84. The van der Waals surface area contributed by atoms with Crippen molar-refractivity contribution in [3.63, 3.8) is 0 Å². The number of carbonyl (C=O) groups is 2. The van der Waals surface area contributed by atoms with E-state index in [9.17, 15) is 4.79 Å². The molecule has 1 aliphatic heterocycles. The summed E-state index contributed by atoms with van der Waals surface area (Å²) in [4.78, 5) is 34.2. The van der Waals surface area contributed by atoms with Crippen molar-refractivity contribution in [2.75, 3.05) is 59.7 Å². The molecule has 7 aliphatic carbocycles. The van der Waals surface area contributed by atoms with Gasteiger partial charge in [0.05, 0.1) is 31.2 Å². The monoisotopic (exact) mass is 841 g/mol. The number of carbonyl (C=O) groups excluding carboxylic acids is 2. The molecule has 0 spiro atoms. The minimum absolute atomic E-state index is 0.0149. The van der Waals surface area contributed by atoms with Gasteiger partial charge in [-0.1, -0.05) is 85.7 Å². The second-order valence-corrected chi connectivity index (χ2v) is 24.7. The quantitative estimate of drug-likeness (QED) is 0.154. The largest absolute Gasteiger partial charge is 0.462 e. The Morgan fingerprint density at radius 3 is 2.11 bits per heavy atom. The first-order valence-corrected chi connectivity index (χ1v) is 25.3. The molecule has 0 unspecified atom stereocenters. The maximum atomic E-state index is 15.3. The van der Waals surface area contributed by atoms with E-state index in [0.29, 0.717) is 60.0 Å². The molecule has 8 fully saturated rings. The van der Waals surface area contributed by atoms with Crippen LogP contribution in [0.4, 0.5) is 0 Å². The van der Waals surface area contributed by atoms with E-state index in [1.165, 1.54) is 56.9 Å². The lowest BCUT2D eigenvalue weighted by Crippen LogP contribution is -2.68. The van der Waals surface area contributed by atoms with Gasteiger partial charge in [0.15, 0.2) is 0 Å². The fourth-order valence-corrected chi connectivity index (χ4v) is 17.3. The Bertz CT molecular complexity index is 1770. The third-order valence-electron chi connectivity index (χ3n) is 21.7.